The van der Waals surface area contributed by atoms with Crippen molar-refractivity contribution in [3.05, 3.63) is 34.0 Å². The maximum absolute atomic E-state index is 13.1. The predicted molar refractivity (Wildman–Crippen MR) is 67.5 cm³/mol. The van der Waals surface area contributed by atoms with E-state index in [2.05, 4.69) is 0 Å². The summed E-state index contributed by atoms with van der Waals surface area (Å²) in [5.41, 5.74) is 1.18. The second-order valence-corrected chi connectivity index (χ2v) is 5.13. The van der Waals surface area contributed by atoms with Crippen molar-refractivity contribution in [2.24, 2.45) is 0 Å². The average molecular weight is 271 g/mol. The van der Waals surface area contributed by atoms with Gasteiger partial charge in [-0.2, -0.15) is 0 Å². The van der Waals surface area contributed by atoms with Crippen LogP contribution in [-0.2, 0) is 6.42 Å². The van der Waals surface area contributed by atoms with Crippen molar-refractivity contribution in [2.75, 3.05) is 0 Å². The van der Waals surface area contributed by atoms with Crippen LogP contribution in [0.1, 0.15) is 49.0 Å². The molecule has 1 nitrogen and oxygen atoms in total. The Morgan fingerprint density at radius 2 is 2.11 bits per heavy atom. The van der Waals surface area contributed by atoms with Gasteiger partial charge in [0.25, 0.3) is 6.43 Å². The van der Waals surface area contributed by atoms with Crippen molar-refractivity contribution in [1.29, 1.82) is 0 Å². The first-order valence-corrected chi connectivity index (χ1v) is 6.52. The van der Waals surface area contributed by atoms with Gasteiger partial charge in [-0.3, -0.25) is 0 Å². The molecular formula is C14H13ClF2O. The highest BCUT2D eigenvalue weighted by atomic mass is 35.5. The lowest BCUT2D eigenvalue weighted by molar-refractivity contribution is 0.151. The fourth-order valence-electron chi connectivity index (χ4n) is 2.31. The normalized spacial score (nSPS) is 15.8. The molecule has 0 bridgehead atoms. The molecule has 2 aromatic rings. The van der Waals surface area contributed by atoms with E-state index in [0.717, 1.165) is 18.4 Å². The van der Waals surface area contributed by atoms with Crippen molar-refractivity contribution in [1.82, 2.24) is 0 Å². The Morgan fingerprint density at radius 3 is 2.67 bits per heavy atom. The zero-order valence-electron chi connectivity index (χ0n) is 9.97. The van der Waals surface area contributed by atoms with Gasteiger partial charge in [0.1, 0.15) is 11.3 Å². The Morgan fingerprint density at radius 1 is 1.39 bits per heavy atom. The molecule has 1 fully saturated rings. The van der Waals surface area contributed by atoms with E-state index in [9.17, 15) is 8.78 Å². The molecule has 0 radical (unpaired) electrons. The lowest BCUT2D eigenvalue weighted by Gasteiger charge is -2.05. The second kappa shape index (κ2) is 4.23. The molecule has 0 saturated heterocycles. The molecular weight excluding hydrogens is 258 g/mol. The smallest absolute Gasteiger partial charge is 0.267 e. The Hall–Kier alpha value is -1.09. The monoisotopic (exact) mass is 270 g/mol. The lowest BCUT2D eigenvalue weighted by Crippen LogP contribution is -1.89. The first-order chi connectivity index (χ1) is 8.61. The number of benzene rings is 1. The Labute approximate surface area is 109 Å². The molecule has 4 heteroatoms. The molecule has 1 aliphatic rings. The van der Waals surface area contributed by atoms with Crippen LogP contribution in [0.5, 0.6) is 0 Å². The van der Waals surface area contributed by atoms with Gasteiger partial charge in [0.15, 0.2) is 0 Å². The molecule has 96 valence electrons. The van der Waals surface area contributed by atoms with Crippen LogP contribution in [0.15, 0.2) is 16.5 Å². The van der Waals surface area contributed by atoms with Crippen LogP contribution in [0.3, 0.4) is 0 Å². The molecule has 1 saturated carbocycles. The van der Waals surface area contributed by atoms with E-state index in [-0.39, 0.29) is 11.1 Å². The number of hydrogen-bond donors (Lipinski definition) is 0. The predicted octanol–water partition coefficient (Wildman–Crippen LogP) is 5.46. The van der Waals surface area contributed by atoms with Crippen LogP contribution in [0, 0.1) is 0 Å². The summed E-state index contributed by atoms with van der Waals surface area (Å²) in [5.74, 6) is 1.00. The molecule has 0 atom stereocenters. The minimum absolute atomic E-state index is 0.0315. The number of furan rings is 1. The minimum Gasteiger partial charge on any atom is -0.459 e. The molecule has 0 unspecified atom stereocenters. The first-order valence-electron chi connectivity index (χ1n) is 6.14. The molecule has 1 aromatic carbocycles. The van der Waals surface area contributed by atoms with Gasteiger partial charge >= 0.3 is 0 Å². The van der Waals surface area contributed by atoms with Gasteiger partial charge in [-0.15, -0.1) is 0 Å². The molecule has 1 aromatic heterocycles. The highest BCUT2D eigenvalue weighted by Crippen LogP contribution is 2.45. The van der Waals surface area contributed by atoms with E-state index in [0.29, 0.717) is 28.5 Å². The van der Waals surface area contributed by atoms with Gasteiger partial charge in [-0.05, 0) is 36.5 Å². The highest BCUT2D eigenvalue weighted by molar-refractivity contribution is 6.36. The molecule has 0 spiro atoms. The number of rotatable bonds is 3. The van der Waals surface area contributed by atoms with Gasteiger partial charge in [0, 0.05) is 11.8 Å². The third kappa shape index (κ3) is 1.81. The Bertz CT molecular complexity index is 599. The summed E-state index contributed by atoms with van der Waals surface area (Å²) in [4.78, 5) is 0. The van der Waals surface area contributed by atoms with Gasteiger partial charge < -0.3 is 4.42 Å². The zero-order chi connectivity index (χ0) is 12.9. The van der Waals surface area contributed by atoms with Crippen molar-refractivity contribution >= 4 is 22.6 Å². The molecule has 0 amide bonds. The number of hydrogen-bond acceptors (Lipinski definition) is 1. The summed E-state index contributed by atoms with van der Waals surface area (Å²) in [6.07, 6.45) is 0.224. The highest BCUT2D eigenvalue weighted by Gasteiger charge is 2.28. The van der Waals surface area contributed by atoms with Gasteiger partial charge in [-0.25, -0.2) is 8.78 Å². The fourth-order valence-corrected chi connectivity index (χ4v) is 2.62. The van der Waals surface area contributed by atoms with Crippen LogP contribution in [0.4, 0.5) is 8.78 Å². The van der Waals surface area contributed by atoms with Crippen LogP contribution in [0.25, 0.3) is 11.0 Å². The van der Waals surface area contributed by atoms with E-state index in [4.69, 9.17) is 16.0 Å². The molecule has 0 aliphatic heterocycles. The lowest BCUT2D eigenvalue weighted by atomic mass is 10.0. The fraction of sp³-hybridized carbons (Fsp3) is 0.429. The van der Waals surface area contributed by atoms with Gasteiger partial charge in [0.05, 0.1) is 10.6 Å². The second-order valence-electron chi connectivity index (χ2n) is 4.75. The summed E-state index contributed by atoms with van der Waals surface area (Å²) >= 11 is 6.19. The van der Waals surface area contributed by atoms with E-state index < -0.39 is 6.43 Å². The number of fused-ring (bicyclic) bond motifs is 1. The van der Waals surface area contributed by atoms with Gasteiger partial charge in [-0.1, -0.05) is 18.5 Å². The molecule has 18 heavy (non-hydrogen) atoms. The van der Waals surface area contributed by atoms with E-state index >= 15 is 0 Å². The summed E-state index contributed by atoms with van der Waals surface area (Å²) in [7, 11) is 0. The summed E-state index contributed by atoms with van der Waals surface area (Å²) in [5, 5.41) is 1.12. The molecule has 1 heterocycles. The SMILES string of the molecule is CCc1oc2c(C(F)F)cc(C3CC3)cc2c1Cl. The van der Waals surface area contributed by atoms with Crippen molar-refractivity contribution in [3.63, 3.8) is 0 Å². The summed E-state index contributed by atoms with van der Waals surface area (Å²) in [6, 6.07) is 3.48. The average Bonchev–Trinajstić information content (AvgIpc) is 3.14. The van der Waals surface area contributed by atoms with Crippen LogP contribution < -0.4 is 0 Å². The topological polar surface area (TPSA) is 13.1 Å². The molecule has 0 N–H and O–H groups in total. The maximum Gasteiger partial charge on any atom is 0.267 e. The van der Waals surface area contributed by atoms with E-state index in [1.54, 1.807) is 6.07 Å². The zero-order valence-corrected chi connectivity index (χ0v) is 10.7. The van der Waals surface area contributed by atoms with Crippen molar-refractivity contribution in [2.45, 2.75) is 38.5 Å². The summed E-state index contributed by atoms with van der Waals surface area (Å²) < 4.78 is 31.7. The van der Waals surface area contributed by atoms with E-state index in [1.807, 2.05) is 13.0 Å². The van der Waals surface area contributed by atoms with E-state index in [1.165, 1.54) is 0 Å². The maximum atomic E-state index is 13.1. The molecule has 1 aliphatic carbocycles. The summed E-state index contributed by atoms with van der Waals surface area (Å²) in [6.45, 7) is 1.90. The Balaban J connectivity index is 2.28. The Kier molecular flexibility index (Phi) is 2.81. The largest absolute Gasteiger partial charge is 0.459 e. The van der Waals surface area contributed by atoms with Crippen LogP contribution >= 0.6 is 11.6 Å². The van der Waals surface area contributed by atoms with Crippen molar-refractivity contribution in [3.8, 4) is 0 Å². The third-order valence-electron chi connectivity index (χ3n) is 3.45. The van der Waals surface area contributed by atoms with Crippen LogP contribution in [0.2, 0.25) is 5.02 Å². The van der Waals surface area contributed by atoms with Crippen LogP contribution in [-0.4, -0.2) is 0 Å². The number of aryl methyl sites for hydroxylation is 1. The van der Waals surface area contributed by atoms with Gasteiger partial charge in [0.2, 0.25) is 0 Å². The third-order valence-corrected chi connectivity index (χ3v) is 3.87. The molecule has 3 rings (SSSR count). The first kappa shape index (κ1) is 12.0. The minimum atomic E-state index is -2.53. The number of halogens is 3. The number of alkyl halides is 2. The standard InChI is InChI=1S/C14H13ClF2O/c1-2-11-12(15)9-5-8(7-3-4-7)6-10(14(16)17)13(9)18-11/h5-7,14H,2-4H2,1H3. The van der Waals surface area contributed by atoms with Crippen molar-refractivity contribution < 1.29 is 13.2 Å². The quantitative estimate of drug-likeness (QED) is 0.721.